The Morgan fingerprint density at radius 1 is 1.05 bits per heavy atom. The van der Waals surface area contributed by atoms with Crippen molar-refractivity contribution in [3.8, 4) is 0 Å². The number of sulfone groups is 1. The average molecular weight is 583 g/mol. The van der Waals surface area contributed by atoms with Gasteiger partial charge in [-0.3, -0.25) is 9.59 Å². The normalized spacial score (nSPS) is 21.1. The van der Waals surface area contributed by atoms with E-state index in [1.54, 1.807) is 25.7 Å². The number of amides is 4. The van der Waals surface area contributed by atoms with Gasteiger partial charge in [-0.2, -0.15) is 0 Å². The Hall–Kier alpha value is -2.10. The van der Waals surface area contributed by atoms with Crippen LogP contribution in [0, 0.1) is 5.92 Å². The van der Waals surface area contributed by atoms with Crippen molar-refractivity contribution in [2.75, 3.05) is 18.8 Å². The summed E-state index contributed by atoms with van der Waals surface area (Å²) in [6.45, 7) is 11.5. The summed E-state index contributed by atoms with van der Waals surface area (Å²) >= 11 is 0. The molecule has 4 amide bonds. The van der Waals surface area contributed by atoms with Gasteiger partial charge in [-0.1, -0.05) is 58.1 Å². The maximum absolute atomic E-state index is 13.1. The van der Waals surface area contributed by atoms with Gasteiger partial charge in [-0.05, 0) is 72.1 Å². The third kappa shape index (κ3) is 10.1. The first-order valence-electron chi connectivity index (χ1n) is 15.3. The molecule has 1 saturated heterocycles. The van der Waals surface area contributed by atoms with E-state index >= 15 is 0 Å². The molecule has 1 aliphatic heterocycles. The Kier molecular flexibility index (Phi) is 13.0. The Labute approximate surface area is 242 Å². The first-order chi connectivity index (χ1) is 18.7. The molecule has 0 aromatic carbocycles. The SMILES string of the molecule is CCCCC/C=C\C(C)C(C)NC(=O)[C@@H]1CCCN1C(=O)CNC(=O)NC1(CS(=O)(=O)C(C)(C)C)CCCCC1. The van der Waals surface area contributed by atoms with E-state index in [4.69, 9.17) is 0 Å². The van der Waals surface area contributed by atoms with Gasteiger partial charge in [0.15, 0.2) is 9.84 Å². The highest BCUT2D eigenvalue weighted by atomic mass is 32.2. The monoisotopic (exact) mass is 582 g/mol. The summed E-state index contributed by atoms with van der Waals surface area (Å²) in [4.78, 5) is 40.5. The smallest absolute Gasteiger partial charge is 0.315 e. The lowest BCUT2D eigenvalue weighted by molar-refractivity contribution is -0.138. The molecule has 40 heavy (non-hydrogen) atoms. The number of allylic oxidation sites excluding steroid dienone is 1. The summed E-state index contributed by atoms with van der Waals surface area (Å²) in [5.41, 5.74) is -0.842. The maximum Gasteiger partial charge on any atom is 0.315 e. The van der Waals surface area contributed by atoms with E-state index in [9.17, 15) is 22.8 Å². The number of unbranched alkanes of at least 4 members (excludes halogenated alkanes) is 3. The first-order valence-corrected chi connectivity index (χ1v) is 16.9. The molecular weight excluding hydrogens is 528 g/mol. The van der Waals surface area contributed by atoms with E-state index in [1.807, 2.05) is 6.92 Å². The van der Waals surface area contributed by atoms with Crippen LogP contribution in [0.3, 0.4) is 0 Å². The zero-order chi connectivity index (χ0) is 30.0. The maximum atomic E-state index is 13.1. The zero-order valence-electron chi connectivity index (χ0n) is 25.7. The summed E-state index contributed by atoms with van der Waals surface area (Å²) in [5, 5.41) is 8.63. The highest BCUT2D eigenvalue weighted by Crippen LogP contribution is 2.32. The molecule has 1 heterocycles. The van der Waals surface area contributed by atoms with E-state index in [1.165, 1.54) is 19.3 Å². The van der Waals surface area contributed by atoms with E-state index in [0.717, 1.165) is 32.1 Å². The minimum absolute atomic E-state index is 0.0626. The summed E-state index contributed by atoms with van der Waals surface area (Å²) in [6, 6.07) is -1.16. The molecule has 0 spiro atoms. The molecule has 2 unspecified atom stereocenters. The fraction of sp³-hybridized carbons (Fsp3) is 0.833. The summed E-state index contributed by atoms with van der Waals surface area (Å²) in [7, 11) is -3.45. The van der Waals surface area contributed by atoms with Crippen LogP contribution >= 0.6 is 0 Å². The van der Waals surface area contributed by atoms with Crippen molar-refractivity contribution in [3.63, 3.8) is 0 Å². The lowest BCUT2D eigenvalue weighted by Crippen LogP contribution is -2.59. The highest BCUT2D eigenvalue weighted by Gasteiger charge is 2.42. The topological polar surface area (TPSA) is 125 Å². The molecular formula is C30H54N4O5S. The predicted octanol–water partition coefficient (Wildman–Crippen LogP) is 4.47. The molecule has 0 aromatic heterocycles. The number of nitrogens with zero attached hydrogens (tertiary/aromatic N) is 1. The van der Waals surface area contributed by atoms with Gasteiger partial charge in [0.05, 0.1) is 22.6 Å². The van der Waals surface area contributed by atoms with Crippen LogP contribution in [0.5, 0.6) is 0 Å². The fourth-order valence-corrected chi connectivity index (χ4v) is 6.96. The van der Waals surface area contributed by atoms with E-state index in [0.29, 0.717) is 25.8 Å². The minimum Gasteiger partial charge on any atom is -0.351 e. The molecule has 1 saturated carbocycles. The average Bonchev–Trinajstić information content (AvgIpc) is 3.37. The van der Waals surface area contributed by atoms with Crippen LogP contribution < -0.4 is 16.0 Å². The molecule has 2 fully saturated rings. The number of nitrogens with one attached hydrogen (secondary N) is 3. The van der Waals surface area contributed by atoms with Crippen molar-refractivity contribution in [3.05, 3.63) is 12.2 Å². The van der Waals surface area contributed by atoms with Crippen molar-refractivity contribution >= 4 is 27.7 Å². The molecule has 3 atom stereocenters. The number of hydrogen-bond donors (Lipinski definition) is 3. The Morgan fingerprint density at radius 3 is 2.35 bits per heavy atom. The summed E-state index contributed by atoms with van der Waals surface area (Å²) in [6.07, 6.45) is 14.1. The van der Waals surface area contributed by atoms with Gasteiger partial charge < -0.3 is 20.9 Å². The van der Waals surface area contributed by atoms with Gasteiger partial charge in [-0.15, -0.1) is 0 Å². The molecule has 0 radical (unpaired) electrons. The third-order valence-corrected chi connectivity index (χ3v) is 11.2. The fourth-order valence-electron chi connectivity index (χ4n) is 5.44. The number of likely N-dealkylation sites (tertiary alicyclic amines) is 1. The largest absolute Gasteiger partial charge is 0.351 e. The molecule has 230 valence electrons. The molecule has 3 N–H and O–H groups in total. The van der Waals surface area contributed by atoms with E-state index in [2.05, 4.69) is 41.9 Å². The van der Waals surface area contributed by atoms with Crippen molar-refractivity contribution in [2.24, 2.45) is 5.92 Å². The van der Waals surface area contributed by atoms with Gasteiger partial charge in [0.1, 0.15) is 6.04 Å². The van der Waals surface area contributed by atoms with E-state index < -0.39 is 32.2 Å². The molecule has 9 nitrogen and oxygen atoms in total. The summed E-state index contributed by atoms with van der Waals surface area (Å²) in [5.74, 6) is -0.424. The minimum atomic E-state index is -3.45. The summed E-state index contributed by atoms with van der Waals surface area (Å²) < 4.78 is 25.0. The lowest BCUT2D eigenvalue weighted by Gasteiger charge is -2.39. The molecule has 2 rings (SSSR count). The number of carbonyl (C=O) groups excluding carboxylic acids is 3. The molecule has 2 aliphatic rings. The van der Waals surface area contributed by atoms with Crippen molar-refractivity contribution in [1.82, 2.24) is 20.9 Å². The first kappa shape index (κ1) is 34.1. The molecule has 0 aromatic rings. The van der Waals surface area contributed by atoms with Gasteiger partial charge in [-0.25, -0.2) is 13.2 Å². The van der Waals surface area contributed by atoms with Crippen LogP contribution in [0.4, 0.5) is 4.79 Å². The van der Waals surface area contributed by atoms with Gasteiger partial charge >= 0.3 is 6.03 Å². The second kappa shape index (κ2) is 15.2. The number of hydrogen-bond acceptors (Lipinski definition) is 5. The Balaban J connectivity index is 1.91. The second-order valence-corrected chi connectivity index (χ2v) is 15.6. The lowest BCUT2D eigenvalue weighted by atomic mass is 9.83. The third-order valence-electron chi connectivity index (χ3n) is 8.44. The quantitative estimate of drug-likeness (QED) is 0.218. The van der Waals surface area contributed by atoms with Crippen molar-refractivity contribution in [1.29, 1.82) is 0 Å². The Morgan fingerprint density at radius 2 is 1.73 bits per heavy atom. The van der Waals surface area contributed by atoms with Gasteiger partial charge in [0, 0.05) is 12.6 Å². The standard InChI is InChI=1S/C30H54N4O5S/c1-7-8-9-10-12-16-23(2)24(3)32-27(36)25-17-15-20-34(25)26(35)21-31-28(37)33-30(18-13-11-14-19-30)22-40(38,39)29(4,5)6/h12,16,23-25H,7-11,13-15,17-22H2,1-6H3,(H,32,36)(H2,31,33,37)/b16-12-/t23?,24?,25-/m0/s1. The van der Waals surface area contributed by atoms with Gasteiger partial charge in [0.25, 0.3) is 0 Å². The van der Waals surface area contributed by atoms with Crippen LogP contribution in [0.15, 0.2) is 12.2 Å². The van der Waals surface area contributed by atoms with Crippen LogP contribution in [0.2, 0.25) is 0 Å². The highest BCUT2D eigenvalue weighted by molar-refractivity contribution is 7.92. The molecule has 1 aliphatic carbocycles. The van der Waals surface area contributed by atoms with Crippen molar-refractivity contribution < 1.29 is 22.8 Å². The van der Waals surface area contributed by atoms with Crippen LogP contribution in [-0.4, -0.2) is 72.4 Å². The van der Waals surface area contributed by atoms with E-state index in [-0.39, 0.29) is 36.1 Å². The van der Waals surface area contributed by atoms with Crippen LogP contribution in [0.1, 0.15) is 112 Å². The zero-order valence-corrected chi connectivity index (χ0v) is 26.5. The van der Waals surface area contributed by atoms with Gasteiger partial charge in [0.2, 0.25) is 11.8 Å². The Bertz CT molecular complexity index is 983. The number of carbonyl (C=O) groups is 3. The second-order valence-electron chi connectivity index (χ2n) is 12.8. The molecule has 10 heteroatoms. The predicted molar refractivity (Wildman–Crippen MR) is 161 cm³/mol. The number of rotatable bonds is 13. The molecule has 0 bridgehead atoms. The number of urea groups is 1. The van der Waals surface area contributed by atoms with Crippen LogP contribution in [0.25, 0.3) is 0 Å². The van der Waals surface area contributed by atoms with Crippen LogP contribution in [-0.2, 0) is 19.4 Å². The van der Waals surface area contributed by atoms with Crippen molar-refractivity contribution in [2.45, 2.75) is 135 Å².